The molecule has 94 valence electrons. The first-order valence-corrected chi connectivity index (χ1v) is 5.55. The summed E-state index contributed by atoms with van der Waals surface area (Å²) in [5.74, 6) is -0.0304. The van der Waals surface area contributed by atoms with Crippen molar-refractivity contribution in [2.24, 2.45) is 0 Å². The van der Waals surface area contributed by atoms with E-state index in [1.165, 1.54) is 0 Å². The molecule has 0 saturated carbocycles. The summed E-state index contributed by atoms with van der Waals surface area (Å²) in [5.41, 5.74) is 5.55. The van der Waals surface area contributed by atoms with Crippen LogP contribution in [-0.4, -0.2) is 18.2 Å². The molecule has 0 atom stereocenters. The zero-order chi connectivity index (χ0) is 13.1. The number of nitrogens with two attached hydrogens (primary N) is 1. The number of esters is 1. The highest BCUT2D eigenvalue weighted by molar-refractivity contribution is 6.32. The molecule has 0 amide bonds. The second kappa shape index (κ2) is 5.27. The van der Waals surface area contributed by atoms with E-state index in [1.54, 1.807) is 39.0 Å². The highest BCUT2D eigenvalue weighted by Gasteiger charge is 2.16. The molecule has 0 aromatic heterocycles. The van der Waals surface area contributed by atoms with Crippen LogP contribution >= 0.6 is 11.6 Å². The van der Waals surface area contributed by atoms with Gasteiger partial charge in [-0.2, -0.15) is 0 Å². The van der Waals surface area contributed by atoms with Gasteiger partial charge in [0.15, 0.2) is 6.61 Å². The van der Waals surface area contributed by atoms with Crippen molar-refractivity contribution < 1.29 is 14.3 Å². The molecule has 4 nitrogen and oxygen atoms in total. The minimum absolute atomic E-state index is 0.180. The monoisotopic (exact) mass is 257 g/mol. The zero-order valence-corrected chi connectivity index (χ0v) is 10.9. The first-order valence-electron chi connectivity index (χ1n) is 5.17. The zero-order valence-electron chi connectivity index (χ0n) is 10.1. The van der Waals surface area contributed by atoms with Crippen molar-refractivity contribution in [3.8, 4) is 5.75 Å². The summed E-state index contributed by atoms with van der Waals surface area (Å²) >= 11 is 5.89. The number of hydrogen-bond acceptors (Lipinski definition) is 4. The lowest BCUT2D eigenvalue weighted by Crippen LogP contribution is -2.27. The quantitative estimate of drug-likeness (QED) is 0.668. The summed E-state index contributed by atoms with van der Waals surface area (Å²) in [6.45, 7) is 5.20. The Bertz CT molecular complexity index is 413. The third-order valence-electron chi connectivity index (χ3n) is 1.72. The van der Waals surface area contributed by atoms with Gasteiger partial charge in [0.05, 0.1) is 5.02 Å². The van der Waals surface area contributed by atoms with E-state index in [0.717, 1.165) is 0 Å². The van der Waals surface area contributed by atoms with E-state index < -0.39 is 11.6 Å². The summed E-state index contributed by atoms with van der Waals surface area (Å²) in [4.78, 5) is 11.4. The molecule has 0 aliphatic rings. The SMILES string of the molecule is CC(C)(C)OC(=O)COc1ccc(N)cc1Cl. The van der Waals surface area contributed by atoms with Crippen LogP contribution in [0.3, 0.4) is 0 Å². The van der Waals surface area contributed by atoms with Gasteiger partial charge < -0.3 is 15.2 Å². The van der Waals surface area contributed by atoms with Gasteiger partial charge in [0.2, 0.25) is 0 Å². The summed E-state index contributed by atoms with van der Waals surface area (Å²) in [5, 5.41) is 0.369. The molecule has 0 heterocycles. The Balaban J connectivity index is 2.53. The number of anilines is 1. The molecule has 2 N–H and O–H groups in total. The third-order valence-corrected chi connectivity index (χ3v) is 2.02. The van der Waals surface area contributed by atoms with E-state index >= 15 is 0 Å². The number of nitrogen functional groups attached to an aromatic ring is 1. The van der Waals surface area contributed by atoms with Crippen molar-refractivity contribution in [2.75, 3.05) is 12.3 Å². The lowest BCUT2D eigenvalue weighted by molar-refractivity contribution is -0.157. The first kappa shape index (κ1) is 13.6. The number of halogens is 1. The van der Waals surface area contributed by atoms with E-state index in [-0.39, 0.29) is 6.61 Å². The van der Waals surface area contributed by atoms with Crippen molar-refractivity contribution in [3.05, 3.63) is 23.2 Å². The molecule has 0 aliphatic heterocycles. The Morgan fingerprint density at radius 1 is 1.41 bits per heavy atom. The molecule has 5 heteroatoms. The first-order chi connectivity index (χ1) is 7.78. The Labute approximate surface area is 106 Å². The van der Waals surface area contributed by atoms with Crippen LogP contribution < -0.4 is 10.5 Å². The average molecular weight is 258 g/mol. The minimum Gasteiger partial charge on any atom is -0.480 e. The summed E-state index contributed by atoms with van der Waals surface area (Å²) < 4.78 is 10.3. The maximum absolute atomic E-state index is 11.4. The molecule has 0 spiro atoms. The molecule has 0 unspecified atom stereocenters. The van der Waals surface area contributed by atoms with Crippen LogP contribution in [0.15, 0.2) is 18.2 Å². The average Bonchev–Trinajstić information content (AvgIpc) is 2.13. The van der Waals surface area contributed by atoms with Gasteiger partial charge >= 0.3 is 5.97 Å². The fourth-order valence-electron chi connectivity index (χ4n) is 1.14. The molecule has 0 fully saturated rings. The topological polar surface area (TPSA) is 61.5 Å². The smallest absolute Gasteiger partial charge is 0.344 e. The van der Waals surface area contributed by atoms with Gasteiger partial charge in [-0.15, -0.1) is 0 Å². The van der Waals surface area contributed by atoms with Gasteiger partial charge in [-0.3, -0.25) is 0 Å². The van der Waals surface area contributed by atoms with Crippen molar-refractivity contribution in [3.63, 3.8) is 0 Å². The number of ether oxygens (including phenoxy) is 2. The van der Waals surface area contributed by atoms with Crippen LogP contribution in [0.4, 0.5) is 5.69 Å². The maximum atomic E-state index is 11.4. The van der Waals surface area contributed by atoms with E-state index in [9.17, 15) is 4.79 Å². The van der Waals surface area contributed by atoms with Crippen LogP contribution in [0.1, 0.15) is 20.8 Å². The van der Waals surface area contributed by atoms with Gasteiger partial charge in [-0.1, -0.05) is 11.6 Å². The van der Waals surface area contributed by atoms with Gasteiger partial charge in [-0.25, -0.2) is 4.79 Å². The molecule has 1 rings (SSSR count). The lowest BCUT2D eigenvalue weighted by Gasteiger charge is -2.19. The molecule has 1 aromatic rings. The number of benzene rings is 1. The Morgan fingerprint density at radius 3 is 2.59 bits per heavy atom. The molecule has 17 heavy (non-hydrogen) atoms. The molecular formula is C12H16ClNO3. The molecule has 1 aromatic carbocycles. The van der Waals surface area contributed by atoms with E-state index in [4.69, 9.17) is 26.8 Å². The molecular weight excluding hydrogens is 242 g/mol. The van der Waals surface area contributed by atoms with Gasteiger partial charge in [0.1, 0.15) is 11.4 Å². The number of carbonyl (C=O) groups excluding carboxylic acids is 1. The Hall–Kier alpha value is -1.42. The fraction of sp³-hybridized carbons (Fsp3) is 0.417. The molecule has 0 bridgehead atoms. The summed E-state index contributed by atoms with van der Waals surface area (Å²) in [7, 11) is 0. The van der Waals surface area contributed by atoms with Crippen LogP contribution in [0, 0.1) is 0 Å². The van der Waals surface area contributed by atoms with Crippen molar-refractivity contribution in [2.45, 2.75) is 26.4 Å². The highest BCUT2D eigenvalue weighted by atomic mass is 35.5. The molecule has 0 radical (unpaired) electrons. The fourth-order valence-corrected chi connectivity index (χ4v) is 1.39. The van der Waals surface area contributed by atoms with Crippen molar-refractivity contribution in [1.29, 1.82) is 0 Å². The second-order valence-corrected chi connectivity index (χ2v) is 4.97. The van der Waals surface area contributed by atoms with Crippen molar-refractivity contribution in [1.82, 2.24) is 0 Å². The molecule has 0 aliphatic carbocycles. The largest absolute Gasteiger partial charge is 0.480 e. The van der Waals surface area contributed by atoms with Crippen LogP contribution in [-0.2, 0) is 9.53 Å². The van der Waals surface area contributed by atoms with Gasteiger partial charge in [-0.05, 0) is 39.0 Å². The summed E-state index contributed by atoms with van der Waals surface area (Å²) in [6, 6.07) is 4.82. The van der Waals surface area contributed by atoms with Crippen molar-refractivity contribution >= 4 is 23.3 Å². The van der Waals surface area contributed by atoms with Crippen LogP contribution in [0.2, 0.25) is 5.02 Å². The number of carbonyl (C=O) groups is 1. The van der Waals surface area contributed by atoms with Crippen LogP contribution in [0.25, 0.3) is 0 Å². The standard InChI is InChI=1S/C12H16ClNO3/c1-12(2,3)17-11(15)7-16-10-5-4-8(14)6-9(10)13/h4-6H,7,14H2,1-3H3. The Morgan fingerprint density at radius 2 is 2.06 bits per heavy atom. The predicted octanol–water partition coefficient (Wildman–Crippen LogP) is 2.64. The van der Waals surface area contributed by atoms with Gasteiger partial charge in [0.25, 0.3) is 0 Å². The van der Waals surface area contributed by atoms with E-state index in [1.807, 2.05) is 0 Å². The third kappa shape index (κ3) is 4.95. The summed E-state index contributed by atoms with van der Waals surface area (Å²) in [6.07, 6.45) is 0. The second-order valence-electron chi connectivity index (χ2n) is 4.56. The highest BCUT2D eigenvalue weighted by Crippen LogP contribution is 2.26. The lowest BCUT2D eigenvalue weighted by atomic mass is 10.2. The van der Waals surface area contributed by atoms with Gasteiger partial charge in [0, 0.05) is 5.69 Å². The number of hydrogen-bond donors (Lipinski definition) is 1. The minimum atomic E-state index is -0.522. The predicted molar refractivity (Wildman–Crippen MR) is 67.2 cm³/mol. The van der Waals surface area contributed by atoms with E-state index in [0.29, 0.717) is 16.5 Å². The normalized spacial score (nSPS) is 11.1. The molecule has 0 saturated heterocycles. The maximum Gasteiger partial charge on any atom is 0.344 e. The van der Waals surface area contributed by atoms with Crippen LogP contribution in [0.5, 0.6) is 5.75 Å². The number of rotatable bonds is 3. The van der Waals surface area contributed by atoms with E-state index in [2.05, 4.69) is 0 Å². The Kier molecular flexibility index (Phi) is 4.23.